The number of amidine groups is 1. The lowest BCUT2D eigenvalue weighted by atomic mass is 10.1. The highest BCUT2D eigenvalue weighted by Gasteiger charge is 2.44. The van der Waals surface area contributed by atoms with E-state index >= 15 is 0 Å². The topological polar surface area (TPSA) is 152 Å². The molecule has 9 nitrogen and oxygen atoms in total. The van der Waals surface area contributed by atoms with Crippen molar-refractivity contribution in [3.05, 3.63) is 12.2 Å². The molecule has 1 fully saturated rings. The molecule has 0 spiro atoms. The van der Waals surface area contributed by atoms with Gasteiger partial charge in [0.1, 0.15) is 24.6 Å². The molecule has 7 N–H and O–H groups in total. The zero-order chi connectivity index (χ0) is 12.6. The third-order valence-electron chi connectivity index (χ3n) is 2.54. The van der Waals surface area contributed by atoms with Gasteiger partial charge in [0.05, 0.1) is 6.61 Å². The molecule has 0 bridgehead atoms. The average molecular weight is 244 g/mol. The fourth-order valence-corrected chi connectivity index (χ4v) is 1.63. The van der Waals surface area contributed by atoms with Crippen LogP contribution in [0.2, 0.25) is 0 Å². The van der Waals surface area contributed by atoms with Crippen molar-refractivity contribution in [3.63, 3.8) is 0 Å². The molecule has 0 aliphatic carbocycles. The lowest BCUT2D eigenvalue weighted by Crippen LogP contribution is -2.47. The quantitative estimate of drug-likeness (QED) is 0.265. The monoisotopic (exact) mass is 244 g/mol. The minimum Gasteiger partial charge on any atom is -0.394 e. The van der Waals surface area contributed by atoms with Crippen LogP contribution in [0.1, 0.15) is 12.1 Å². The Morgan fingerprint density at radius 3 is 2.71 bits per heavy atom. The number of aliphatic hydroxyl groups is 3. The minimum atomic E-state index is -1.21. The zero-order valence-electron chi connectivity index (χ0n) is 8.84. The summed E-state index contributed by atoms with van der Waals surface area (Å²) < 4.78 is 6.43. The molecule has 0 amide bonds. The van der Waals surface area contributed by atoms with Gasteiger partial charge >= 0.3 is 5.84 Å². The molecular weight excluding hydrogens is 230 g/mol. The summed E-state index contributed by atoms with van der Waals surface area (Å²) in [6.45, 7) is -0.401. The van der Waals surface area contributed by atoms with Gasteiger partial charge in [-0.25, -0.2) is 9.67 Å². The predicted octanol–water partition coefficient (Wildman–Crippen LogP) is -4.65. The first-order valence-corrected chi connectivity index (χ1v) is 4.96. The maximum absolute atomic E-state index is 9.72. The Labute approximate surface area is 96.0 Å². The molecule has 4 atom stereocenters. The molecule has 1 unspecified atom stereocenters. The molecule has 17 heavy (non-hydrogen) atoms. The third-order valence-corrected chi connectivity index (χ3v) is 2.54. The van der Waals surface area contributed by atoms with E-state index in [0.29, 0.717) is 0 Å². The summed E-state index contributed by atoms with van der Waals surface area (Å²) in [5.41, 5.74) is 5.30. The Kier molecular flexibility index (Phi) is 3.07. The summed E-state index contributed by atoms with van der Waals surface area (Å²) in [5, 5.41) is 37.4. The van der Waals surface area contributed by atoms with Crippen molar-refractivity contribution in [3.8, 4) is 0 Å². The molecule has 1 aliphatic rings. The Morgan fingerprint density at radius 2 is 2.24 bits per heavy atom. The molecule has 0 saturated carbocycles. The highest BCUT2D eigenvalue weighted by atomic mass is 16.6. The van der Waals surface area contributed by atoms with Crippen molar-refractivity contribution < 1.29 is 25.5 Å². The summed E-state index contributed by atoms with van der Waals surface area (Å²) in [5.74, 6) is 0.0539. The predicted molar refractivity (Wildman–Crippen MR) is 53.3 cm³/mol. The van der Waals surface area contributed by atoms with Crippen molar-refractivity contribution in [1.82, 2.24) is 14.8 Å². The van der Waals surface area contributed by atoms with Gasteiger partial charge in [-0.15, -0.1) is 5.10 Å². The van der Waals surface area contributed by atoms with Crippen LogP contribution in [0.25, 0.3) is 0 Å². The number of hydrogen-bond donors (Lipinski definition) is 5. The van der Waals surface area contributed by atoms with Crippen LogP contribution >= 0.6 is 0 Å². The number of aromatic nitrogens is 3. The van der Waals surface area contributed by atoms with Gasteiger partial charge in [0.2, 0.25) is 0 Å². The van der Waals surface area contributed by atoms with Gasteiger partial charge in [-0.2, -0.15) is 0 Å². The van der Waals surface area contributed by atoms with Crippen LogP contribution in [0.5, 0.6) is 0 Å². The SMILES string of the molecule is NC(=[NH2+])c1ncn([C@@H]2O[C@H](CO)[C@H](O)C2O)n1. The first-order chi connectivity index (χ1) is 8.04. The van der Waals surface area contributed by atoms with E-state index in [1.54, 1.807) is 0 Å². The van der Waals surface area contributed by atoms with E-state index in [1.807, 2.05) is 0 Å². The molecule has 9 heteroatoms. The van der Waals surface area contributed by atoms with Crippen LogP contribution in [0.4, 0.5) is 0 Å². The van der Waals surface area contributed by atoms with Gasteiger partial charge in [0, 0.05) is 0 Å². The molecule has 1 aliphatic heterocycles. The first-order valence-electron chi connectivity index (χ1n) is 4.96. The van der Waals surface area contributed by atoms with E-state index in [2.05, 4.69) is 10.1 Å². The average Bonchev–Trinajstić information content (AvgIpc) is 2.87. The molecule has 1 aromatic rings. The summed E-state index contributed by atoms with van der Waals surface area (Å²) in [6, 6.07) is 0. The lowest BCUT2D eigenvalue weighted by Gasteiger charge is -2.13. The molecular formula is C8H14N5O4+. The third kappa shape index (κ3) is 2.00. The van der Waals surface area contributed by atoms with Crippen LogP contribution < -0.4 is 11.1 Å². The second-order valence-electron chi connectivity index (χ2n) is 3.73. The van der Waals surface area contributed by atoms with Crippen LogP contribution in [-0.4, -0.2) is 60.8 Å². The molecule has 2 heterocycles. The van der Waals surface area contributed by atoms with Crippen LogP contribution in [0, 0.1) is 0 Å². The second kappa shape index (κ2) is 4.37. The van der Waals surface area contributed by atoms with Gasteiger partial charge in [-0.05, 0) is 0 Å². The number of ether oxygens (including phenoxy) is 1. The summed E-state index contributed by atoms with van der Waals surface area (Å²) in [4.78, 5) is 3.80. The van der Waals surface area contributed by atoms with Crippen molar-refractivity contribution in [1.29, 1.82) is 0 Å². The van der Waals surface area contributed by atoms with E-state index in [9.17, 15) is 10.2 Å². The van der Waals surface area contributed by atoms with Crippen molar-refractivity contribution in [2.75, 3.05) is 6.61 Å². The molecule has 1 saturated heterocycles. The normalized spacial score (nSPS) is 32.9. The number of rotatable bonds is 3. The van der Waals surface area contributed by atoms with Crippen LogP contribution in [0.3, 0.4) is 0 Å². The zero-order valence-corrected chi connectivity index (χ0v) is 8.84. The molecule has 94 valence electrons. The van der Waals surface area contributed by atoms with Gasteiger partial charge in [0.25, 0.3) is 5.82 Å². The van der Waals surface area contributed by atoms with Crippen molar-refractivity contribution >= 4 is 5.84 Å². The number of aliphatic hydroxyl groups excluding tert-OH is 3. The largest absolute Gasteiger partial charge is 0.394 e. The van der Waals surface area contributed by atoms with E-state index in [4.69, 9.17) is 21.0 Å². The minimum absolute atomic E-state index is 0.0597. The van der Waals surface area contributed by atoms with Crippen molar-refractivity contribution in [2.45, 2.75) is 24.5 Å². The van der Waals surface area contributed by atoms with Crippen molar-refractivity contribution in [2.24, 2.45) is 5.73 Å². The summed E-state index contributed by atoms with van der Waals surface area (Å²) >= 11 is 0. The Bertz CT molecular complexity index is 422. The molecule has 2 rings (SSSR count). The molecule has 0 radical (unpaired) electrons. The smallest absolute Gasteiger partial charge is 0.311 e. The van der Waals surface area contributed by atoms with E-state index in [-0.39, 0.29) is 11.7 Å². The lowest BCUT2D eigenvalue weighted by molar-refractivity contribution is -0.114. The van der Waals surface area contributed by atoms with Crippen LogP contribution in [0.15, 0.2) is 6.33 Å². The standard InChI is InChI=1S/C8H13N5O4/c9-6(10)7-11-2-13(12-7)8-5(16)4(15)3(1-14)17-8/h2-5,8,14-16H,1H2,(H3,9,10)/p+1/t3-,4+,5?,8-/m1/s1. The molecule has 0 aromatic carbocycles. The fraction of sp³-hybridized carbons (Fsp3) is 0.625. The van der Waals surface area contributed by atoms with Gasteiger partial charge in [0.15, 0.2) is 6.23 Å². The highest BCUT2D eigenvalue weighted by Crippen LogP contribution is 2.28. The van der Waals surface area contributed by atoms with Gasteiger partial charge in [-0.1, -0.05) is 0 Å². The van der Waals surface area contributed by atoms with E-state index in [0.717, 1.165) is 0 Å². The Hall–Kier alpha value is -1.55. The first kappa shape index (κ1) is 11.9. The Balaban J connectivity index is 2.19. The van der Waals surface area contributed by atoms with Crippen LogP contribution in [-0.2, 0) is 4.74 Å². The van der Waals surface area contributed by atoms with E-state index in [1.165, 1.54) is 11.0 Å². The van der Waals surface area contributed by atoms with Gasteiger partial charge < -0.3 is 20.1 Å². The van der Waals surface area contributed by atoms with Gasteiger partial charge in [-0.3, -0.25) is 11.1 Å². The summed E-state index contributed by atoms with van der Waals surface area (Å²) in [7, 11) is 0. The number of hydrogen-bond acceptors (Lipinski definition) is 6. The highest BCUT2D eigenvalue weighted by molar-refractivity contribution is 5.88. The maximum atomic E-state index is 9.72. The number of nitrogens with two attached hydrogens (primary N) is 2. The number of nitrogens with zero attached hydrogens (tertiary/aromatic N) is 3. The summed E-state index contributed by atoms with van der Waals surface area (Å²) in [6.07, 6.45) is -2.91. The van der Waals surface area contributed by atoms with E-state index < -0.39 is 31.1 Å². The second-order valence-corrected chi connectivity index (χ2v) is 3.73. The fourth-order valence-electron chi connectivity index (χ4n) is 1.63. The Morgan fingerprint density at radius 1 is 1.53 bits per heavy atom. The maximum Gasteiger partial charge on any atom is 0.311 e. The molecule has 1 aromatic heterocycles.